The van der Waals surface area contributed by atoms with E-state index in [1.54, 1.807) is 33.8 Å². The van der Waals surface area contributed by atoms with Crippen LogP contribution in [0.15, 0.2) is 12.1 Å². The summed E-state index contributed by atoms with van der Waals surface area (Å²) < 4.78 is 51.3. The van der Waals surface area contributed by atoms with E-state index in [4.69, 9.17) is 9.47 Å². The number of aromatic nitrogens is 1. The highest BCUT2D eigenvalue weighted by molar-refractivity contribution is 6.44. The third kappa shape index (κ3) is 6.61. The van der Waals surface area contributed by atoms with Gasteiger partial charge in [-0.25, -0.2) is 18.8 Å². The molecule has 0 bridgehead atoms. The van der Waals surface area contributed by atoms with Crippen LogP contribution in [-0.2, 0) is 16.1 Å². The zero-order chi connectivity index (χ0) is 22.7. The van der Waals surface area contributed by atoms with Gasteiger partial charge in [0.1, 0.15) is 5.60 Å². The molecule has 0 saturated carbocycles. The number of hydrogen-bond acceptors (Lipinski definition) is 5. The second-order valence-electron chi connectivity index (χ2n) is 8.12. The first kappa shape index (κ1) is 24.0. The highest BCUT2D eigenvalue weighted by Gasteiger charge is 2.49. The number of methoxy groups -OCH3 is 1. The Bertz CT molecular complexity index is 850. The number of carbonyl (C=O) groups is 2. The lowest BCUT2D eigenvalue weighted by atomic mass is 10.2. The van der Waals surface area contributed by atoms with E-state index in [0.717, 1.165) is 4.22 Å². The predicted octanol–water partition coefficient (Wildman–Crippen LogP) is 3.44. The summed E-state index contributed by atoms with van der Waals surface area (Å²) in [7, 11) is -0.604. The average Bonchev–Trinajstić information content (AvgIpc) is 2.63. The predicted molar refractivity (Wildman–Crippen MR) is 104 cm³/mol. The fourth-order valence-corrected chi connectivity index (χ4v) is 5.83. The van der Waals surface area contributed by atoms with Crippen molar-refractivity contribution in [1.82, 2.24) is 9.88 Å². The normalized spacial score (nSPS) is 16.9. The van der Waals surface area contributed by atoms with Crippen LogP contribution in [-0.4, -0.2) is 66.3 Å². The number of aryl methyl sites for hydroxylation is 1. The summed E-state index contributed by atoms with van der Waals surface area (Å²) in [4.78, 5) is 30.2. The largest absolute Gasteiger partial charge is 0.518 e. The van der Waals surface area contributed by atoms with Crippen molar-refractivity contribution in [2.75, 3.05) is 19.8 Å². The third-order valence-electron chi connectivity index (χ3n) is 4.33. The van der Waals surface area contributed by atoms with Gasteiger partial charge in [0.15, 0.2) is 6.54 Å². The van der Waals surface area contributed by atoms with Gasteiger partial charge in [-0.15, -0.1) is 0 Å². The minimum absolute atomic E-state index is 0.0720. The lowest BCUT2D eigenvalue weighted by Crippen LogP contribution is -2.49. The van der Waals surface area contributed by atoms with E-state index in [1.165, 1.54) is 18.1 Å². The van der Waals surface area contributed by atoms with Crippen LogP contribution in [0.25, 0.3) is 0 Å². The zero-order valence-electron chi connectivity index (χ0n) is 17.8. The van der Waals surface area contributed by atoms with E-state index in [1.807, 2.05) is 0 Å². The molecule has 0 aliphatic carbocycles. The molecule has 0 spiro atoms. The maximum atomic E-state index is 13.3. The van der Waals surface area contributed by atoms with Crippen LogP contribution in [0.5, 0.6) is 5.88 Å². The number of nitrogens with zero attached hydrogens (tertiary/aromatic N) is 3. The molecular weight excluding hydrogens is 419 g/mol. The molecule has 2 rings (SSSR count). The van der Waals surface area contributed by atoms with Crippen LogP contribution in [0.3, 0.4) is 0 Å². The molecule has 1 aromatic rings. The number of ether oxygens (including phenoxy) is 2. The van der Waals surface area contributed by atoms with Gasteiger partial charge in [-0.05, 0) is 40.2 Å². The Morgan fingerprint density at radius 2 is 1.93 bits per heavy atom. The topological polar surface area (TPSA) is 71.7 Å². The molecule has 0 unspecified atom stereocenters. The van der Waals surface area contributed by atoms with Crippen molar-refractivity contribution in [2.45, 2.75) is 58.5 Å². The summed E-state index contributed by atoms with van der Waals surface area (Å²) in [6.45, 7) is 7.02. The average molecular weight is 447 g/mol. The van der Waals surface area contributed by atoms with Gasteiger partial charge in [0.2, 0.25) is 5.88 Å². The maximum Gasteiger partial charge on any atom is 0.518 e. The summed E-state index contributed by atoms with van der Waals surface area (Å²) in [6.07, 6.45) is -5.00. The summed E-state index contributed by atoms with van der Waals surface area (Å²) in [5.74, 6) is -1.63. The smallest absolute Gasteiger partial charge is 0.481 e. The van der Waals surface area contributed by atoms with Crippen molar-refractivity contribution in [3.05, 3.63) is 23.4 Å². The minimum Gasteiger partial charge on any atom is -0.481 e. The molecule has 2 amide bonds. The van der Waals surface area contributed by atoms with Gasteiger partial charge in [0.05, 0.1) is 13.3 Å². The van der Waals surface area contributed by atoms with Crippen LogP contribution < -0.4 is 4.74 Å². The van der Waals surface area contributed by atoms with Crippen LogP contribution in [0.1, 0.15) is 38.4 Å². The molecule has 7 nitrogen and oxygen atoms in total. The van der Waals surface area contributed by atoms with Gasteiger partial charge in [-0.3, -0.25) is 0 Å². The van der Waals surface area contributed by atoms with Crippen molar-refractivity contribution in [2.24, 2.45) is 0 Å². The molecular formula is C19H27F3N3O4Si+. The number of rotatable bonds is 3. The molecule has 0 radical (unpaired) electrons. The molecule has 30 heavy (non-hydrogen) atoms. The lowest BCUT2D eigenvalue weighted by Gasteiger charge is -2.29. The molecule has 1 aliphatic heterocycles. The minimum atomic E-state index is -5.00. The highest BCUT2D eigenvalue weighted by atomic mass is 28.2. The Labute approximate surface area is 175 Å². The van der Waals surface area contributed by atoms with Crippen molar-refractivity contribution in [1.29, 1.82) is 0 Å². The Morgan fingerprint density at radius 1 is 1.27 bits per heavy atom. The summed E-state index contributed by atoms with van der Waals surface area (Å²) in [6, 6.07) is 3.59. The number of carbonyl (C=O) groups excluding carboxylic acids is 2. The lowest BCUT2D eigenvalue weighted by molar-refractivity contribution is -0.475. The first-order chi connectivity index (χ1) is 13.8. The monoisotopic (exact) mass is 446 g/mol. The maximum absolute atomic E-state index is 13.3. The van der Waals surface area contributed by atoms with Gasteiger partial charge in [0, 0.05) is 29.9 Å². The Hall–Kier alpha value is -2.30. The molecule has 1 fully saturated rings. The Balaban J connectivity index is 2.40. The number of hydrogen-bond donors (Lipinski definition) is 0. The van der Waals surface area contributed by atoms with Crippen LogP contribution in [0, 0.1) is 6.92 Å². The molecule has 2 heterocycles. The third-order valence-corrected chi connectivity index (χ3v) is 7.13. The van der Waals surface area contributed by atoms with Crippen LogP contribution >= 0.6 is 0 Å². The first-order valence-corrected chi connectivity index (χ1v) is 11.4. The Morgan fingerprint density at radius 3 is 2.50 bits per heavy atom. The SMILES string of the molecule is COc1cc(C[N+](C(=O)C(F)(F)F)=[Si]2CCCN(C(=O)OC(C)(C)C)C2)cc(C)n1. The van der Waals surface area contributed by atoms with Crippen molar-refractivity contribution >= 4 is 20.6 Å². The summed E-state index contributed by atoms with van der Waals surface area (Å²) in [5.41, 5.74) is 0.345. The van der Waals surface area contributed by atoms with E-state index in [2.05, 4.69) is 4.98 Å². The number of pyridine rings is 1. The second-order valence-corrected chi connectivity index (χ2v) is 10.6. The summed E-state index contributed by atoms with van der Waals surface area (Å²) in [5, 5.41) is 0. The van der Waals surface area contributed by atoms with Gasteiger partial charge >= 0.3 is 26.8 Å². The fraction of sp³-hybridized carbons (Fsp3) is 0.632. The van der Waals surface area contributed by atoms with Crippen molar-refractivity contribution in [3.63, 3.8) is 0 Å². The standard InChI is InChI=1S/C19H27F3N3O4Si/c1-13-9-14(10-15(23-13)28-5)11-25(16(26)19(20,21)22)30-8-6-7-24(12-30)17(27)29-18(2,3)4/h9-10H,6-8,11-12H2,1-5H3/q+1. The summed E-state index contributed by atoms with van der Waals surface area (Å²) >= 11 is 0. The molecule has 0 N–H and O–H groups in total. The molecule has 0 aromatic carbocycles. The second kappa shape index (κ2) is 9.23. The van der Waals surface area contributed by atoms with Crippen molar-refractivity contribution < 1.29 is 36.5 Å². The number of amides is 2. The fourth-order valence-electron chi connectivity index (χ4n) is 3.12. The van der Waals surface area contributed by atoms with Gasteiger partial charge in [-0.2, -0.15) is 13.2 Å². The van der Waals surface area contributed by atoms with Crippen LogP contribution in [0.4, 0.5) is 18.0 Å². The zero-order valence-corrected chi connectivity index (χ0v) is 18.8. The molecule has 1 aliphatic rings. The molecule has 11 heteroatoms. The first-order valence-electron chi connectivity index (χ1n) is 9.53. The van der Waals surface area contributed by atoms with Crippen molar-refractivity contribution in [3.8, 4) is 5.88 Å². The van der Waals surface area contributed by atoms with E-state index in [9.17, 15) is 22.8 Å². The molecule has 1 aromatic heterocycles. The van der Waals surface area contributed by atoms with Crippen LogP contribution in [0.2, 0.25) is 6.04 Å². The number of alkyl halides is 3. The van der Waals surface area contributed by atoms with E-state index < -0.39 is 32.4 Å². The van der Waals surface area contributed by atoms with Gasteiger partial charge < -0.3 is 14.4 Å². The van der Waals surface area contributed by atoms with E-state index >= 15 is 0 Å². The molecule has 0 atom stereocenters. The highest BCUT2D eigenvalue weighted by Crippen LogP contribution is 2.21. The van der Waals surface area contributed by atoms with E-state index in [0.29, 0.717) is 30.3 Å². The van der Waals surface area contributed by atoms with E-state index in [-0.39, 0.29) is 18.6 Å². The molecule has 166 valence electrons. The van der Waals surface area contributed by atoms with Gasteiger partial charge in [-0.1, -0.05) is 0 Å². The Kier molecular flexibility index (Phi) is 7.38. The molecule has 1 saturated heterocycles. The number of halogens is 3. The quantitative estimate of drug-likeness (QED) is 0.665. The van der Waals surface area contributed by atoms with Gasteiger partial charge in [0.25, 0.3) is 0 Å².